The van der Waals surface area contributed by atoms with Crippen LogP contribution in [-0.4, -0.2) is 17.8 Å². The van der Waals surface area contributed by atoms with E-state index in [4.69, 9.17) is 4.74 Å². The number of nitrogens with one attached hydrogen (secondary N) is 1. The summed E-state index contributed by atoms with van der Waals surface area (Å²) in [4.78, 5) is 12.2. The quantitative estimate of drug-likeness (QED) is 0.598. The van der Waals surface area contributed by atoms with Gasteiger partial charge >= 0.3 is 6.09 Å². The van der Waals surface area contributed by atoms with Crippen LogP contribution >= 0.6 is 15.9 Å². The molecule has 0 bridgehead atoms. The number of rotatable bonds is 3. The van der Waals surface area contributed by atoms with Gasteiger partial charge in [0, 0.05) is 17.7 Å². The standard InChI is InChI=1S/C21H16BrNO3/c22-19-10-9-13(11-20(19)24)23-21(25)26-12-18-16-7-3-1-5-14(16)15-6-2-4-8-17(15)18/h1-11,18,24H,12H2,(H,23,25). The first-order valence-corrected chi connectivity index (χ1v) is 9.03. The maximum absolute atomic E-state index is 12.2. The molecule has 0 heterocycles. The highest BCUT2D eigenvalue weighted by Crippen LogP contribution is 2.44. The maximum Gasteiger partial charge on any atom is 0.411 e. The Morgan fingerprint density at radius 3 is 2.23 bits per heavy atom. The molecule has 1 aliphatic rings. The number of halogens is 1. The van der Waals surface area contributed by atoms with Crippen molar-refractivity contribution in [3.05, 3.63) is 82.3 Å². The monoisotopic (exact) mass is 409 g/mol. The van der Waals surface area contributed by atoms with Gasteiger partial charge in [0.05, 0.1) is 4.47 Å². The second kappa shape index (κ2) is 6.84. The second-order valence-electron chi connectivity index (χ2n) is 6.12. The molecule has 0 radical (unpaired) electrons. The number of carbonyl (C=O) groups excluding carboxylic acids is 1. The van der Waals surface area contributed by atoms with Crippen molar-refractivity contribution in [3.63, 3.8) is 0 Å². The van der Waals surface area contributed by atoms with E-state index < -0.39 is 6.09 Å². The summed E-state index contributed by atoms with van der Waals surface area (Å²) in [6.07, 6.45) is -0.548. The molecule has 0 unspecified atom stereocenters. The normalized spacial score (nSPS) is 12.3. The Kier molecular flexibility index (Phi) is 4.39. The molecule has 0 atom stereocenters. The number of anilines is 1. The molecule has 0 aliphatic heterocycles. The third-order valence-corrected chi connectivity index (χ3v) is 5.21. The molecule has 0 saturated carbocycles. The minimum absolute atomic E-state index is 0.0199. The van der Waals surface area contributed by atoms with Gasteiger partial charge in [-0.2, -0.15) is 0 Å². The summed E-state index contributed by atoms with van der Waals surface area (Å²) in [6, 6.07) is 21.2. The van der Waals surface area contributed by atoms with Crippen molar-refractivity contribution in [1.29, 1.82) is 0 Å². The number of fused-ring (bicyclic) bond motifs is 3. The first-order valence-electron chi connectivity index (χ1n) is 8.24. The van der Waals surface area contributed by atoms with Crippen molar-refractivity contribution in [2.75, 3.05) is 11.9 Å². The zero-order valence-electron chi connectivity index (χ0n) is 13.8. The van der Waals surface area contributed by atoms with E-state index in [1.54, 1.807) is 12.1 Å². The molecule has 0 aromatic heterocycles. The van der Waals surface area contributed by atoms with Crippen molar-refractivity contribution < 1.29 is 14.6 Å². The predicted octanol–water partition coefficient (Wildman–Crippen LogP) is 5.52. The Morgan fingerprint density at radius 2 is 1.62 bits per heavy atom. The highest BCUT2D eigenvalue weighted by Gasteiger charge is 2.28. The molecule has 0 fully saturated rings. The lowest BCUT2D eigenvalue weighted by Crippen LogP contribution is -2.17. The lowest BCUT2D eigenvalue weighted by atomic mass is 9.98. The Balaban J connectivity index is 1.49. The highest BCUT2D eigenvalue weighted by molar-refractivity contribution is 9.10. The predicted molar refractivity (Wildman–Crippen MR) is 104 cm³/mol. The van der Waals surface area contributed by atoms with Crippen molar-refractivity contribution in [2.45, 2.75) is 5.92 Å². The average Bonchev–Trinajstić information content (AvgIpc) is 2.97. The van der Waals surface area contributed by atoms with Gasteiger partial charge < -0.3 is 9.84 Å². The van der Waals surface area contributed by atoms with Crippen LogP contribution in [0.4, 0.5) is 10.5 Å². The Hall–Kier alpha value is -2.79. The molecule has 4 rings (SSSR count). The largest absolute Gasteiger partial charge is 0.507 e. The number of hydrogen-bond donors (Lipinski definition) is 2. The van der Waals surface area contributed by atoms with Gasteiger partial charge in [0.1, 0.15) is 12.4 Å². The van der Waals surface area contributed by atoms with Crippen LogP contribution < -0.4 is 5.32 Å². The van der Waals surface area contributed by atoms with Crippen LogP contribution in [0.15, 0.2) is 71.2 Å². The minimum atomic E-state index is -0.548. The number of phenols is 1. The highest BCUT2D eigenvalue weighted by atomic mass is 79.9. The van der Waals surface area contributed by atoms with Gasteiger partial charge in [-0.1, -0.05) is 48.5 Å². The smallest absolute Gasteiger partial charge is 0.411 e. The summed E-state index contributed by atoms with van der Waals surface area (Å²) in [5.41, 5.74) is 5.19. The Morgan fingerprint density at radius 1 is 1.00 bits per heavy atom. The fraction of sp³-hybridized carbons (Fsp3) is 0.0952. The Bertz CT molecular complexity index is 941. The van der Waals surface area contributed by atoms with Gasteiger partial charge in [-0.15, -0.1) is 0 Å². The van der Waals surface area contributed by atoms with Gasteiger partial charge in [-0.3, -0.25) is 5.32 Å². The van der Waals surface area contributed by atoms with Crippen LogP contribution in [-0.2, 0) is 4.74 Å². The third-order valence-electron chi connectivity index (χ3n) is 4.54. The van der Waals surface area contributed by atoms with E-state index >= 15 is 0 Å². The van der Waals surface area contributed by atoms with E-state index in [1.807, 2.05) is 24.3 Å². The molecule has 0 saturated heterocycles. The second-order valence-corrected chi connectivity index (χ2v) is 6.97. The zero-order valence-corrected chi connectivity index (χ0v) is 15.4. The van der Waals surface area contributed by atoms with E-state index in [0.29, 0.717) is 10.2 Å². The Labute approximate surface area is 159 Å². The van der Waals surface area contributed by atoms with Crippen molar-refractivity contribution in [1.82, 2.24) is 0 Å². The molecule has 0 spiro atoms. The molecular weight excluding hydrogens is 394 g/mol. The van der Waals surface area contributed by atoms with Crippen LogP contribution in [0, 0.1) is 0 Å². The van der Waals surface area contributed by atoms with E-state index in [2.05, 4.69) is 45.5 Å². The number of amides is 1. The molecule has 1 aliphatic carbocycles. The third kappa shape index (κ3) is 3.06. The lowest BCUT2D eigenvalue weighted by Gasteiger charge is -2.14. The van der Waals surface area contributed by atoms with Crippen molar-refractivity contribution in [3.8, 4) is 16.9 Å². The molecule has 130 valence electrons. The summed E-state index contributed by atoms with van der Waals surface area (Å²) in [5, 5.41) is 12.3. The van der Waals surface area contributed by atoms with Gasteiger partial charge in [0.15, 0.2) is 0 Å². The van der Waals surface area contributed by atoms with Gasteiger partial charge in [-0.05, 0) is 50.3 Å². The summed E-state index contributed by atoms with van der Waals surface area (Å²) >= 11 is 3.21. The number of hydrogen-bond acceptors (Lipinski definition) is 3. The summed E-state index contributed by atoms with van der Waals surface area (Å²) in [6.45, 7) is 0.252. The molecule has 2 N–H and O–H groups in total. The number of carbonyl (C=O) groups is 1. The summed E-state index contributed by atoms with van der Waals surface area (Å²) < 4.78 is 6.04. The van der Waals surface area contributed by atoms with E-state index in [1.165, 1.54) is 28.3 Å². The SMILES string of the molecule is O=C(Nc1ccc(Br)c(O)c1)OCC1c2ccccc2-c2ccccc21. The lowest BCUT2D eigenvalue weighted by molar-refractivity contribution is 0.158. The van der Waals surface area contributed by atoms with Crippen LogP contribution in [0.5, 0.6) is 5.75 Å². The molecular formula is C21H16BrNO3. The van der Waals surface area contributed by atoms with E-state index in [-0.39, 0.29) is 18.3 Å². The molecule has 3 aromatic carbocycles. The number of phenolic OH excluding ortho intramolecular Hbond substituents is 1. The first-order chi connectivity index (χ1) is 12.6. The van der Waals surface area contributed by atoms with Crippen LogP contribution in [0.1, 0.15) is 17.0 Å². The van der Waals surface area contributed by atoms with Crippen molar-refractivity contribution in [2.24, 2.45) is 0 Å². The average molecular weight is 410 g/mol. The number of aromatic hydroxyl groups is 1. The van der Waals surface area contributed by atoms with E-state index in [0.717, 1.165) is 0 Å². The molecule has 5 heteroatoms. The van der Waals surface area contributed by atoms with Crippen LogP contribution in [0.3, 0.4) is 0 Å². The van der Waals surface area contributed by atoms with Gasteiger partial charge in [0.25, 0.3) is 0 Å². The first kappa shape index (κ1) is 16.7. The van der Waals surface area contributed by atoms with E-state index in [9.17, 15) is 9.90 Å². The molecule has 26 heavy (non-hydrogen) atoms. The summed E-state index contributed by atoms with van der Waals surface area (Å²) in [5.74, 6) is 0.0768. The molecule has 4 nitrogen and oxygen atoms in total. The maximum atomic E-state index is 12.2. The summed E-state index contributed by atoms with van der Waals surface area (Å²) in [7, 11) is 0. The minimum Gasteiger partial charge on any atom is -0.507 e. The van der Waals surface area contributed by atoms with Gasteiger partial charge in [-0.25, -0.2) is 4.79 Å². The topological polar surface area (TPSA) is 58.6 Å². The van der Waals surface area contributed by atoms with Gasteiger partial charge in [0.2, 0.25) is 0 Å². The molecule has 1 amide bonds. The zero-order chi connectivity index (χ0) is 18.1. The molecule has 3 aromatic rings. The number of ether oxygens (including phenoxy) is 1. The van der Waals surface area contributed by atoms with Crippen molar-refractivity contribution >= 4 is 27.7 Å². The number of benzene rings is 3. The fourth-order valence-electron chi connectivity index (χ4n) is 3.34. The fourth-order valence-corrected chi connectivity index (χ4v) is 3.59. The van der Waals surface area contributed by atoms with Crippen LogP contribution in [0.25, 0.3) is 11.1 Å². The van der Waals surface area contributed by atoms with Crippen LogP contribution in [0.2, 0.25) is 0 Å².